The van der Waals surface area contributed by atoms with Crippen LogP contribution in [-0.4, -0.2) is 7.11 Å². The molecule has 7 rings (SSSR count). The standard InChI is InChI=1S/C32H29NO2S.2C8H9F/c1-23-3-5-24(6-4-23)25-7-9-26(10-8-25)27-11-13-28(14-12-27)33(29-15-19-31(34-2)20-16-29)30-17-21-32(35-36)22-18-30;2*1-7-2-4-8(6-9)5-3-7/h3,5-23,36H,4H2,1-2H3;2*2-5H,6H2,1H3. The maximum Gasteiger partial charge on any atom is 0.137 e. The Kier molecular flexibility index (Phi) is 14.7. The van der Waals surface area contributed by atoms with Crippen LogP contribution in [-0.2, 0) is 13.3 Å². The molecule has 0 heterocycles. The number of hydrogen-bond donors (Lipinski definition) is 1. The molecule has 1 unspecified atom stereocenters. The third-order valence-corrected chi connectivity index (χ3v) is 9.28. The van der Waals surface area contributed by atoms with Gasteiger partial charge in [-0.25, -0.2) is 8.78 Å². The van der Waals surface area contributed by atoms with Crippen molar-refractivity contribution in [3.63, 3.8) is 0 Å². The first-order valence-electron chi connectivity index (χ1n) is 18.0. The fraction of sp³-hybridized carbons (Fsp3) is 0.167. The van der Waals surface area contributed by atoms with E-state index >= 15 is 0 Å². The number of hydrogen-bond acceptors (Lipinski definition) is 4. The lowest BCUT2D eigenvalue weighted by atomic mass is 9.93. The highest BCUT2D eigenvalue weighted by atomic mass is 32.1. The normalized spacial score (nSPS) is 13.0. The molecule has 0 radical (unpaired) electrons. The van der Waals surface area contributed by atoms with E-state index in [9.17, 15) is 8.78 Å². The van der Waals surface area contributed by atoms with E-state index in [2.05, 4.69) is 104 Å². The van der Waals surface area contributed by atoms with Gasteiger partial charge >= 0.3 is 0 Å². The van der Waals surface area contributed by atoms with E-state index in [4.69, 9.17) is 8.92 Å². The van der Waals surface area contributed by atoms with Crippen LogP contribution in [0.25, 0.3) is 16.7 Å². The number of nitrogens with zero attached hydrogens (tertiary/aromatic N) is 1. The number of ether oxygens (including phenoxy) is 1. The Labute approximate surface area is 324 Å². The van der Waals surface area contributed by atoms with Crippen LogP contribution in [0.4, 0.5) is 25.8 Å². The van der Waals surface area contributed by atoms with Crippen LogP contribution in [0, 0.1) is 19.8 Å². The van der Waals surface area contributed by atoms with Crippen LogP contribution in [0.1, 0.15) is 41.2 Å². The average molecular weight is 740 g/mol. The number of anilines is 3. The van der Waals surface area contributed by atoms with E-state index in [-0.39, 0.29) is 13.3 Å². The third-order valence-electron chi connectivity index (χ3n) is 9.07. The van der Waals surface area contributed by atoms with E-state index in [1.165, 1.54) is 33.4 Å². The van der Waals surface area contributed by atoms with Gasteiger partial charge in [-0.15, -0.1) is 0 Å². The zero-order chi connectivity index (χ0) is 38.3. The summed E-state index contributed by atoms with van der Waals surface area (Å²) < 4.78 is 34.1. The molecule has 0 saturated heterocycles. The van der Waals surface area contributed by atoms with Crippen molar-refractivity contribution < 1.29 is 17.7 Å². The van der Waals surface area contributed by atoms with Crippen molar-refractivity contribution in [2.75, 3.05) is 12.0 Å². The minimum absolute atomic E-state index is 0.361. The van der Waals surface area contributed by atoms with Crippen LogP contribution < -0.4 is 13.8 Å². The van der Waals surface area contributed by atoms with Crippen molar-refractivity contribution in [3.05, 3.63) is 192 Å². The molecule has 0 N–H and O–H groups in total. The van der Waals surface area contributed by atoms with E-state index in [0.717, 1.165) is 40.4 Å². The second kappa shape index (κ2) is 20.0. The first-order valence-corrected chi connectivity index (χ1v) is 18.3. The highest BCUT2D eigenvalue weighted by Crippen LogP contribution is 2.37. The maximum absolute atomic E-state index is 11.9. The lowest BCUT2D eigenvalue weighted by molar-refractivity contribution is 0.415. The predicted molar refractivity (Wildman–Crippen MR) is 226 cm³/mol. The smallest absolute Gasteiger partial charge is 0.137 e. The van der Waals surface area contributed by atoms with Crippen molar-refractivity contribution >= 4 is 35.5 Å². The summed E-state index contributed by atoms with van der Waals surface area (Å²) in [7, 11) is 1.68. The van der Waals surface area contributed by atoms with Crippen LogP contribution in [0.2, 0.25) is 0 Å². The number of halogens is 2. The van der Waals surface area contributed by atoms with E-state index in [1.807, 2.05) is 74.5 Å². The van der Waals surface area contributed by atoms with E-state index < -0.39 is 0 Å². The van der Waals surface area contributed by atoms with Crippen LogP contribution >= 0.6 is 12.9 Å². The first kappa shape index (κ1) is 39.6. The molecule has 0 bridgehead atoms. The summed E-state index contributed by atoms with van der Waals surface area (Å²) in [6.45, 7) is 5.50. The Morgan fingerprint density at radius 1 is 0.574 bits per heavy atom. The van der Waals surface area contributed by atoms with Gasteiger partial charge in [0.15, 0.2) is 0 Å². The lowest BCUT2D eigenvalue weighted by Gasteiger charge is -2.26. The number of aryl methyl sites for hydroxylation is 2. The molecule has 54 heavy (non-hydrogen) atoms. The molecule has 6 aromatic rings. The first-order chi connectivity index (χ1) is 26.3. The molecule has 0 fully saturated rings. The lowest BCUT2D eigenvalue weighted by Crippen LogP contribution is -2.09. The molecular weight excluding hydrogens is 693 g/mol. The number of alkyl halides is 2. The van der Waals surface area contributed by atoms with Crippen LogP contribution in [0.3, 0.4) is 0 Å². The monoisotopic (exact) mass is 739 g/mol. The Morgan fingerprint density at radius 2 is 0.981 bits per heavy atom. The Balaban J connectivity index is 0.000000253. The minimum Gasteiger partial charge on any atom is -0.497 e. The molecular formula is C48H47F2NO2S. The van der Waals surface area contributed by atoms with Gasteiger partial charge in [-0.3, -0.25) is 0 Å². The molecule has 0 aromatic heterocycles. The van der Waals surface area contributed by atoms with Crippen molar-refractivity contribution in [1.82, 2.24) is 0 Å². The maximum atomic E-state index is 11.9. The van der Waals surface area contributed by atoms with Gasteiger partial charge in [-0.1, -0.05) is 121 Å². The summed E-state index contributed by atoms with van der Waals surface area (Å²) in [4.78, 5) is 2.21. The second-order valence-corrected chi connectivity index (χ2v) is 13.4. The Bertz CT molecular complexity index is 1980. The van der Waals surface area contributed by atoms with Crippen molar-refractivity contribution in [2.24, 2.45) is 5.92 Å². The predicted octanol–water partition coefficient (Wildman–Crippen LogP) is 14.0. The van der Waals surface area contributed by atoms with Crippen LogP contribution in [0.15, 0.2) is 164 Å². The molecule has 3 nitrogen and oxygen atoms in total. The number of allylic oxidation sites excluding steroid dienone is 4. The van der Waals surface area contributed by atoms with Gasteiger partial charge in [-0.05, 0) is 120 Å². The summed E-state index contributed by atoms with van der Waals surface area (Å²) in [5.74, 6) is 2.15. The SMILES string of the molecule is COc1ccc(N(c2ccc(OS)cc2)c2ccc(-c3ccc(C4=CCC(C)C=C4)cc3)cc2)cc1.Cc1ccc(CF)cc1.Cc1ccc(CF)cc1. The van der Waals surface area contributed by atoms with Gasteiger partial charge in [-0.2, -0.15) is 0 Å². The highest BCUT2D eigenvalue weighted by molar-refractivity contribution is 7.75. The zero-order valence-electron chi connectivity index (χ0n) is 31.3. The molecule has 0 amide bonds. The summed E-state index contributed by atoms with van der Waals surface area (Å²) in [6, 6.07) is 48.3. The second-order valence-electron chi connectivity index (χ2n) is 13.2. The molecule has 1 atom stereocenters. The quantitative estimate of drug-likeness (QED) is 0.118. The molecule has 0 spiro atoms. The number of rotatable bonds is 9. The summed E-state index contributed by atoms with van der Waals surface area (Å²) in [5, 5.41) is 0. The minimum atomic E-state index is -0.361. The van der Waals surface area contributed by atoms with Crippen molar-refractivity contribution in [1.29, 1.82) is 0 Å². The van der Waals surface area contributed by atoms with Gasteiger partial charge in [0.25, 0.3) is 0 Å². The fourth-order valence-corrected chi connectivity index (χ4v) is 5.91. The summed E-state index contributed by atoms with van der Waals surface area (Å²) in [6.07, 6.45) is 7.96. The van der Waals surface area contributed by atoms with E-state index in [1.54, 1.807) is 31.4 Å². The molecule has 1 aliphatic rings. The molecule has 276 valence electrons. The van der Waals surface area contributed by atoms with Gasteiger partial charge < -0.3 is 13.8 Å². The van der Waals surface area contributed by atoms with Gasteiger partial charge in [0.2, 0.25) is 0 Å². The number of benzene rings is 6. The van der Waals surface area contributed by atoms with Crippen molar-refractivity contribution in [2.45, 2.75) is 40.5 Å². The third kappa shape index (κ3) is 11.2. The molecule has 0 aliphatic heterocycles. The Hall–Kier alpha value is -5.59. The molecule has 6 heteroatoms. The van der Waals surface area contributed by atoms with Crippen LogP contribution in [0.5, 0.6) is 11.5 Å². The van der Waals surface area contributed by atoms with Gasteiger partial charge in [0, 0.05) is 30.0 Å². The summed E-state index contributed by atoms with van der Waals surface area (Å²) >= 11 is 3.91. The number of thiol groups is 1. The molecule has 6 aromatic carbocycles. The molecule has 0 saturated carbocycles. The van der Waals surface area contributed by atoms with Gasteiger partial charge in [0.1, 0.15) is 24.8 Å². The zero-order valence-corrected chi connectivity index (χ0v) is 32.1. The Morgan fingerprint density at radius 3 is 1.37 bits per heavy atom. The largest absolute Gasteiger partial charge is 0.497 e. The highest BCUT2D eigenvalue weighted by Gasteiger charge is 2.14. The number of methoxy groups -OCH3 is 1. The molecule has 1 aliphatic carbocycles. The topological polar surface area (TPSA) is 21.7 Å². The summed E-state index contributed by atoms with van der Waals surface area (Å²) in [5.41, 5.74) is 11.9. The van der Waals surface area contributed by atoms with Gasteiger partial charge in [0.05, 0.1) is 7.11 Å². The van der Waals surface area contributed by atoms with Crippen molar-refractivity contribution in [3.8, 4) is 22.6 Å². The average Bonchev–Trinajstić information content (AvgIpc) is 3.23. The fourth-order valence-electron chi connectivity index (χ4n) is 5.79. The van der Waals surface area contributed by atoms with E-state index in [0.29, 0.717) is 11.7 Å².